The van der Waals surface area contributed by atoms with E-state index in [1.807, 2.05) is 39.8 Å². The van der Waals surface area contributed by atoms with E-state index in [4.69, 9.17) is 0 Å². The molecule has 1 aromatic heterocycles. The maximum atomic E-state index is 13.2. The molecule has 6 nitrogen and oxygen atoms in total. The Balaban J connectivity index is 2.24. The van der Waals surface area contributed by atoms with E-state index >= 15 is 0 Å². The summed E-state index contributed by atoms with van der Waals surface area (Å²) in [5.74, 6) is -0.315. The molecule has 29 heavy (non-hydrogen) atoms. The van der Waals surface area contributed by atoms with E-state index < -0.39 is 15.9 Å². The zero-order chi connectivity index (χ0) is 22.0. The van der Waals surface area contributed by atoms with Crippen LogP contribution in [-0.4, -0.2) is 36.7 Å². The van der Waals surface area contributed by atoms with E-state index in [0.29, 0.717) is 5.13 Å². The molecular weight excluding hydrogens is 406 g/mol. The van der Waals surface area contributed by atoms with Gasteiger partial charge in [-0.1, -0.05) is 46.8 Å². The molecule has 1 amide bonds. The van der Waals surface area contributed by atoms with Gasteiger partial charge >= 0.3 is 0 Å². The molecule has 1 heterocycles. The summed E-state index contributed by atoms with van der Waals surface area (Å²) in [5, 5.41) is 3.21. The molecule has 2 rings (SSSR count). The first-order valence-corrected chi connectivity index (χ1v) is 11.9. The van der Waals surface area contributed by atoms with Crippen molar-refractivity contribution < 1.29 is 13.2 Å². The summed E-state index contributed by atoms with van der Waals surface area (Å²) in [4.78, 5) is 18.0. The maximum Gasteiger partial charge on any atom is 0.243 e. The Kier molecular flexibility index (Phi) is 7.24. The van der Waals surface area contributed by atoms with Crippen molar-refractivity contribution in [1.82, 2.24) is 9.29 Å². The molecule has 1 N–H and O–H groups in total. The minimum atomic E-state index is -3.79. The van der Waals surface area contributed by atoms with Gasteiger partial charge in [-0.15, -0.1) is 11.3 Å². The van der Waals surface area contributed by atoms with Crippen LogP contribution in [0, 0.1) is 19.8 Å². The number of thiazole rings is 1. The number of carbonyl (C=O) groups is 1. The largest absolute Gasteiger partial charge is 0.301 e. The SMILES string of the molecule is Cc1nc(NC(=O)CN(CC(C)C)S(=O)(=O)c2ccc(C(C)(C)C)cc2)sc1C. The molecule has 0 saturated carbocycles. The normalized spacial score (nSPS) is 12.6. The second kappa shape index (κ2) is 8.93. The average Bonchev–Trinajstić information content (AvgIpc) is 2.90. The van der Waals surface area contributed by atoms with E-state index in [2.05, 4.69) is 31.1 Å². The molecule has 0 atom stereocenters. The van der Waals surface area contributed by atoms with E-state index in [9.17, 15) is 13.2 Å². The molecule has 0 spiro atoms. The Morgan fingerprint density at radius 3 is 2.21 bits per heavy atom. The first-order valence-electron chi connectivity index (χ1n) is 9.65. The molecule has 160 valence electrons. The van der Waals surface area contributed by atoms with Crippen molar-refractivity contribution >= 4 is 32.4 Å². The lowest BCUT2D eigenvalue weighted by molar-refractivity contribution is -0.116. The van der Waals surface area contributed by atoms with Gasteiger partial charge in [-0.2, -0.15) is 4.31 Å². The number of rotatable bonds is 7. The third-order valence-electron chi connectivity index (χ3n) is 4.52. The van der Waals surface area contributed by atoms with Crippen molar-refractivity contribution in [2.75, 3.05) is 18.4 Å². The zero-order valence-corrected chi connectivity index (χ0v) is 19.9. The van der Waals surface area contributed by atoms with Gasteiger partial charge in [0.1, 0.15) is 0 Å². The highest BCUT2D eigenvalue weighted by Crippen LogP contribution is 2.25. The van der Waals surface area contributed by atoms with Gasteiger partial charge < -0.3 is 5.32 Å². The van der Waals surface area contributed by atoms with Crippen molar-refractivity contribution in [3.05, 3.63) is 40.4 Å². The number of anilines is 1. The van der Waals surface area contributed by atoms with Gasteiger partial charge in [0.05, 0.1) is 17.1 Å². The first kappa shape index (κ1) is 23.5. The van der Waals surface area contributed by atoms with Gasteiger partial charge in [-0.3, -0.25) is 4.79 Å². The molecule has 0 bridgehead atoms. The average molecular weight is 438 g/mol. The summed E-state index contributed by atoms with van der Waals surface area (Å²) < 4.78 is 27.7. The zero-order valence-electron chi connectivity index (χ0n) is 18.2. The van der Waals surface area contributed by atoms with Crippen molar-refractivity contribution in [2.24, 2.45) is 5.92 Å². The predicted molar refractivity (Wildman–Crippen MR) is 119 cm³/mol. The third kappa shape index (κ3) is 6.10. The Morgan fingerprint density at radius 2 is 1.76 bits per heavy atom. The number of carbonyl (C=O) groups excluding carboxylic acids is 1. The minimum absolute atomic E-state index is 0.0657. The highest BCUT2D eigenvalue weighted by Gasteiger charge is 2.28. The number of nitrogens with one attached hydrogen (secondary N) is 1. The van der Waals surface area contributed by atoms with Gasteiger partial charge in [0.15, 0.2) is 5.13 Å². The summed E-state index contributed by atoms with van der Waals surface area (Å²) in [6, 6.07) is 6.91. The maximum absolute atomic E-state index is 13.2. The Morgan fingerprint density at radius 1 is 1.17 bits per heavy atom. The number of nitrogens with zero attached hydrogens (tertiary/aromatic N) is 2. The number of hydrogen-bond acceptors (Lipinski definition) is 5. The first-order chi connectivity index (χ1) is 13.3. The highest BCUT2D eigenvalue weighted by molar-refractivity contribution is 7.89. The topological polar surface area (TPSA) is 79.4 Å². The lowest BCUT2D eigenvalue weighted by Gasteiger charge is -2.24. The molecule has 0 radical (unpaired) electrons. The number of hydrogen-bond donors (Lipinski definition) is 1. The standard InChI is InChI=1S/C21H31N3O3S2/c1-14(2)12-24(13-19(25)23-20-22-15(3)16(4)28-20)29(26,27)18-10-8-17(9-11-18)21(5,6)7/h8-11,14H,12-13H2,1-7H3,(H,22,23,25). The van der Waals surface area contributed by atoms with Crippen LogP contribution in [0.5, 0.6) is 0 Å². The Bertz CT molecular complexity index is 937. The summed E-state index contributed by atoms with van der Waals surface area (Å²) in [6.45, 7) is 13.9. The molecule has 0 aliphatic carbocycles. The monoisotopic (exact) mass is 437 g/mol. The van der Waals surface area contributed by atoms with Gasteiger partial charge in [0, 0.05) is 11.4 Å². The van der Waals surface area contributed by atoms with Gasteiger partial charge in [0.2, 0.25) is 15.9 Å². The van der Waals surface area contributed by atoms with Crippen molar-refractivity contribution in [1.29, 1.82) is 0 Å². The predicted octanol–water partition coefficient (Wildman–Crippen LogP) is 4.34. The van der Waals surface area contributed by atoms with E-state index in [0.717, 1.165) is 16.1 Å². The van der Waals surface area contributed by atoms with Crippen LogP contribution < -0.4 is 5.32 Å². The minimum Gasteiger partial charge on any atom is -0.301 e. The van der Waals surface area contributed by atoms with E-state index in [1.165, 1.54) is 15.6 Å². The second-order valence-electron chi connectivity index (χ2n) is 8.67. The fourth-order valence-electron chi connectivity index (χ4n) is 2.78. The van der Waals surface area contributed by atoms with Crippen molar-refractivity contribution in [2.45, 2.75) is 58.8 Å². The molecule has 8 heteroatoms. The number of benzene rings is 1. The highest BCUT2D eigenvalue weighted by atomic mass is 32.2. The number of amides is 1. The molecule has 1 aromatic carbocycles. The van der Waals surface area contributed by atoms with Crippen LogP contribution in [0.4, 0.5) is 5.13 Å². The molecule has 0 aliphatic rings. The van der Waals surface area contributed by atoms with Crippen LogP contribution >= 0.6 is 11.3 Å². The molecule has 2 aromatic rings. The van der Waals surface area contributed by atoms with Crippen LogP contribution in [0.1, 0.15) is 50.8 Å². The lowest BCUT2D eigenvalue weighted by Crippen LogP contribution is -2.40. The molecule has 0 unspecified atom stereocenters. The van der Waals surface area contributed by atoms with Crippen LogP contribution in [-0.2, 0) is 20.2 Å². The summed E-state index contributed by atoms with van der Waals surface area (Å²) in [5.41, 5.74) is 1.85. The summed E-state index contributed by atoms with van der Waals surface area (Å²) >= 11 is 1.38. The third-order valence-corrected chi connectivity index (χ3v) is 7.34. The van der Waals surface area contributed by atoms with Crippen LogP contribution in [0.3, 0.4) is 0 Å². The Labute approximate surface area is 178 Å². The number of aromatic nitrogens is 1. The van der Waals surface area contributed by atoms with Crippen LogP contribution in [0.25, 0.3) is 0 Å². The smallest absolute Gasteiger partial charge is 0.243 e. The van der Waals surface area contributed by atoms with E-state index in [-0.39, 0.29) is 29.3 Å². The van der Waals surface area contributed by atoms with Crippen LogP contribution in [0.2, 0.25) is 0 Å². The quantitative estimate of drug-likeness (QED) is 0.699. The van der Waals surface area contributed by atoms with Gasteiger partial charge in [-0.25, -0.2) is 13.4 Å². The molecular formula is C21H31N3O3S2. The fraction of sp³-hybridized carbons (Fsp3) is 0.524. The molecule has 0 aliphatic heterocycles. The molecule has 0 saturated heterocycles. The number of sulfonamides is 1. The fourth-order valence-corrected chi connectivity index (χ4v) is 5.17. The summed E-state index contributed by atoms with van der Waals surface area (Å²) in [6.07, 6.45) is 0. The van der Waals surface area contributed by atoms with Crippen molar-refractivity contribution in [3.63, 3.8) is 0 Å². The molecule has 0 fully saturated rings. The number of aryl methyl sites for hydroxylation is 2. The lowest BCUT2D eigenvalue weighted by atomic mass is 9.87. The second-order valence-corrected chi connectivity index (χ2v) is 11.8. The Hall–Kier alpha value is -1.77. The van der Waals surface area contributed by atoms with Gasteiger partial charge in [0.25, 0.3) is 0 Å². The van der Waals surface area contributed by atoms with Crippen LogP contribution in [0.15, 0.2) is 29.2 Å². The van der Waals surface area contributed by atoms with Crippen molar-refractivity contribution in [3.8, 4) is 0 Å². The van der Waals surface area contributed by atoms with Gasteiger partial charge in [-0.05, 0) is 42.9 Å². The van der Waals surface area contributed by atoms with E-state index in [1.54, 1.807) is 12.1 Å². The summed E-state index contributed by atoms with van der Waals surface area (Å²) in [7, 11) is -3.79.